The first-order valence-corrected chi connectivity index (χ1v) is 13.1. The van der Waals surface area contributed by atoms with Crippen molar-refractivity contribution in [3.05, 3.63) is 77.4 Å². The highest BCUT2D eigenvalue weighted by molar-refractivity contribution is 7.89. The average molecular weight is 523 g/mol. The van der Waals surface area contributed by atoms with Gasteiger partial charge in [-0.1, -0.05) is 41.6 Å². The van der Waals surface area contributed by atoms with E-state index in [4.69, 9.17) is 9.47 Å². The van der Waals surface area contributed by atoms with Crippen molar-refractivity contribution in [3.8, 4) is 11.5 Å². The van der Waals surface area contributed by atoms with Crippen LogP contribution >= 0.6 is 0 Å². The minimum atomic E-state index is -3.77. The number of sulfonamides is 1. The minimum absolute atomic E-state index is 0.125. The summed E-state index contributed by atoms with van der Waals surface area (Å²) in [4.78, 5) is 12.0. The molecule has 0 radical (unpaired) electrons. The zero-order valence-corrected chi connectivity index (χ0v) is 21.2. The molecule has 0 saturated carbocycles. The summed E-state index contributed by atoms with van der Waals surface area (Å²) >= 11 is 0. The number of aromatic nitrogens is 3. The second-order valence-electron chi connectivity index (χ2n) is 8.83. The zero-order valence-electron chi connectivity index (χ0n) is 20.4. The monoisotopic (exact) mass is 522 g/mol. The first-order chi connectivity index (χ1) is 17.8. The number of hydrogen-bond donors (Lipinski definition) is 1. The van der Waals surface area contributed by atoms with E-state index >= 15 is 0 Å². The predicted molar refractivity (Wildman–Crippen MR) is 135 cm³/mol. The van der Waals surface area contributed by atoms with Crippen molar-refractivity contribution < 1.29 is 27.8 Å². The van der Waals surface area contributed by atoms with Gasteiger partial charge in [-0.15, -0.1) is 5.10 Å². The fourth-order valence-corrected chi connectivity index (χ4v) is 6.25. The maximum Gasteiger partial charge on any atom is 0.304 e. The number of methoxy groups -OCH3 is 1. The topological polar surface area (TPSA) is 124 Å². The number of aryl methyl sites for hydroxylation is 1. The number of ether oxygens (including phenoxy) is 2. The van der Waals surface area contributed by atoms with E-state index in [0.717, 1.165) is 11.1 Å². The summed E-state index contributed by atoms with van der Waals surface area (Å²) < 4.78 is 40.9. The first-order valence-electron chi connectivity index (χ1n) is 11.7. The van der Waals surface area contributed by atoms with Gasteiger partial charge in [0, 0.05) is 26.1 Å². The highest BCUT2D eigenvalue weighted by Crippen LogP contribution is 2.35. The molecule has 1 aromatic heterocycles. The Balaban J connectivity index is 1.51. The van der Waals surface area contributed by atoms with Gasteiger partial charge < -0.3 is 14.6 Å². The van der Waals surface area contributed by atoms with Crippen LogP contribution in [0.2, 0.25) is 0 Å². The number of para-hydroxylation sites is 1. The van der Waals surface area contributed by atoms with E-state index in [0.29, 0.717) is 28.1 Å². The van der Waals surface area contributed by atoms with Crippen molar-refractivity contribution in [2.45, 2.75) is 23.8 Å². The van der Waals surface area contributed by atoms with Gasteiger partial charge in [0.1, 0.15) is 34.0 Å². The average Bonchev–Trinajstić information content (AvgIpc) is 3.21. The molecule has 37 heavy (non-hydrogen) atoms. The van der Waals surface area contributed by atoms with Gasteiger partial charge in [0.05, 0.1) is 13.5 Å². The first kappa shape index (κ1) is 24.7. The van der Waals surface area contributed by atoms with Crippen molar-refractivity contribution in [3.63, 3.8) is 0 Å². The molecule has 3 aromatic carbocycles. The van der Waals surface area contributed by atoms with Crippen molar-refractivity contribution in [1.82, 2.24) is 19.3 Å². The lowest BCUT2D eigenvalue weighted by molar-refractivity contribution is -0.137. The van der Waals surface area contributed by atoms with Crippen LogP contribution in [0.3, 0.4) is 0 Å². The van der Waals surface area contributed by atoms with Crippen LogP contribution in [-0.2, 0) is 28.4 Å². The second-order valence-corrected chi connectivity index (χ2v) is 10.7. The molecule has 4 aromatic rings. The van der Waals surface area contributed by atoms with Crippen LogP contribution in [0.25, 0.3) is 11.0 Å². The summed E-state index contributed by atoms with van der Waals surface area (Å²) in [6.07, 6.45) is -0.165. The highest BCUT2D eigenvalue weighted by Gasteiger charge is 2.31. The maximum absolute atomic E-state index is 13.4. The quantitative estimate of drug-likeness (QED) is 0.393. The van der Waals surface area contributed by atoms with Crippen molar-refractivity contribution in [2.75, 3.05) is 20.3 Å². The van der Waals surface area contributed by atoms with Gasteiger partial charge in [0.25, 0.3) is 0 Å². The lowest BCUT2D eigenvalue weighted by atomic mass is 9.87. The van der Waals surface area contributed by atoms with Crippen LogP contribution in [0.1, 0.15) is 29.0 Å². The molecule has 0 bridgehead atoms. The van der Waals surface area contributed by atoms with Gasteiger partial charge in [-0.2, -0.15) is 4.31 Å². The van der Waals surface area contributed by atoms with E-state index < -0.39 is 21.9 Å². The van der Waals surface area contributed by atoms with Gasteiger partial charge >= 0.3 is 5.97 Å². The van der Waals surface area contributed by atoms with Gasteiger partial charge in [0.2, 0.25) is 10.0 Å². The van der Waals surface area contributed by atoms with Crippen LogP contribution in [0.15, 0.2) is 65.6 Å². The van der Waals surface area contributed by atoms with Crippen LogP contribution in [0.5, 0.6) is 11.5 Å². The molecule has 11 heteroatoms. The number of nitrogens with zero attached hydrogens (tertiary/aromatic N) is 4. The predicted octanol–water partition coefficient (Wildman–Crippen LogP) is 3.17. The summed E-state index contributed by atoms with van der Waals surface area (Å²) in [5.41, 5.74) is 3.51. The summed E-state index contributed by atoms with van der Waals surface area (Å²) in [5, 5.41) is 17.9. The summed E-state index contributed by atoms with van der Waals surface area (Å²) in [7, 11) is -0.469. The highest BCUT2D eigenvalue weighted by atomic mass is 32.2. The summed E-state index contributed by atoms with van der Waals surface area (Å²) in [5.74, 6) is -0.588. The number of fused-ring (bicyclic) bond motifs is 2. The van der Waals surface area contributed by atoms with Gasteiger partial charge in [0.15, 0.2) is 0 Å². The third kappa shape index (κ3) is 4.75. The second kappa shape index (κ2) is 9.83. The number of carbonyl (C=O) groups is 1. The molecule has 0 fully saturated rings. The third-order valence-corrected chi connectivity index (χ3v) is 8.35. The number of carboxylic acids is 1. The number of benzene rings is 3. The molecule has 1 atom stereocenters. The standard InChI is InChI=1S/C26H26N4O6S/c1-29-26-21(27-28-29)13-19(14-23(26)35-2)20(15-25(31)32)18-7-5-6-17(12-18)16-30-10-11-36-22-8-3-4-9-24(22)37(30,33)34/h3-9,12-14,20H,10-11,15-16H2,1-2H3,(H,31,32). The molecule has 0 aliphatic carbocycles. The number of hydrogen-bond acceptors (Lipinski definition) is 7. The molecule has 1 N–H and O–H groups in total. The molecule has 5 rings (SSSR count). The molecular formula is C26H26N4O6S. The Labute approximate surface area is 214 Å². The van der Waals surface area contributed by atoms with Crippen LogP contribution in [0.4, 0.5) is 0 Å². The SMILES string of the molecule is COc1cc(C(CC(=O)O)c2cccc(CN3CCOc4ccccc4S3(=O)=O)c2)cc2nnn(C)c12. The molecule has 10 nitrogen and oxygen atoms in total. The summed E-state index contributed by atoms with van der Waals surface area (Å²) in [6, 6.07) is 17.6. The van der Waals surface area contributed by atoms with Gasteiger partial charge in [-0.3, -0.25) is 4.79 Å². The van der Waals surface area contributed by atoms with Crippen LogP contribution < -0.4 is 9.47 Å². The molecule has 0 spiro atoms. The van der Waals surface area contributed by atoms with E-state index in [-0.39, 0.29) is 31.0 Å². The van der Waals surface area contributed by atoms with Gasteiger partial charge in [-0.05, 0) is 41.0 Å². The molecule has 1 unspecified atom stereocenters. The maximum atomic E-state index is 13.4. The molecule has 192 valence electrons. The number of aliphatic carboxylic acids is 1. The Morgan fingerprint density at radius 2 is 1.95 bits per heavy atom. The van der Waals surface area contributed by atoms with Crippen molar-refractivity contribution >= 4 is 27.0 Å². The Hall–Kier alpha value is -3.96. The molecular weight excluding hydrogens is 496 g/mol. The minimum Gasteiger partial charge on any atom is -0.494 e. The largest absolute Gasteiger partial charge is 0.494 e. The van der Waals surface area contributed by atoms with E-state index in [2.05, 4.69) is 10.3 Å². The normalized spacial score (nSPS) is 15.9. The van der Waals surface area contributed by atoms with Crippen LogP contribution in [-0.4, -0.2) is 59.1 Å². The van der Waals surface area contributed by atoms with E-state index in [1.54, 1.807) is 43.1 Å². The Morgan fingerprint density at radius 3 is 2.73 bits per heavy atom. The molecule has 0 amide bonds. The zero-order chi connectivity index (χ0) is 26.2. The molecule has 1 aliphatic heterocycles. The van der Waals surface area contributed by atoms with E-state index in [1.807, 2.05) is 30.3 Å². The van der Waals surface area contributed by atoms with E-state index in [9.17, 15) is 18.3 Å². The molecule has 0 saturated heterocycles. The number of carboxylic acid groups (broad SMARTS) is 1. The van der Waals surface area contributed by atoms with Crippen LogP contribution in [0, 0.1) is 0 Å². The smallest absolute Gasteiger partial charge is 0.304 e. The molecule has 1 aliphatic rings. The lowest BCUT2D eigenvalue weighted by Gasteiger charge is -2.21. The van der Waals surface area contributed by atoms with Gasteiger partial charge in [-0.25, -0.2) is 13.1 Å². The number of rotatable bonds is 7. The molecule has 2 heterocycles. The lowest BCUT2D eigenvalue weighted by Crippen LogP contribution is -2.32. The summed E-state index contributed by atoms with van der Waals surface area (Å²) in [6.45, 7) is 0.552. The Morgan fingerprint density at radius 1 is 1.14 bits per heavy atom. The van der Waals surface area contributed by atoms with E-state index in [1.165, 1.54) is 10.4 Å². The third-order valence-electron chi connectivity index (χ3n) is 6.47. The fourth-order valence-electron chi connectivity index (χ4n) is 4.71. The fraction of sp³-hybridized carbons (Fsp3) is 0.269. The Kier molecular flexibility index (Phi) is 6.57. The van der Waals surface area contributed by atoms with Crippen molar-refractivity contribution in [1.29, 1.82) is 0 Å². The van der Waals surface area contributed by atoms with Crippen molar-refractivity contribution in [2.24, 2.45) is 7.05 Å². The Bertz CT molecular complexity index is 1580.